The van der Waals surface area contributed by atoms with Crippen LogP contribution in [0.4, 0.5) is 0 Å². The molecule has 1 fully saturated rings. The van der Waals surface area contributed by atoms with Crippen molar-refractivity contribution in [3.63, 3.8) is 0 Å². The van der Waals surface area contributed by atoms with Crippen molar-refractivity contribution in [2.24, 2.45) is 0 Å². The minimum atomic E-state index is 0.276. The second kappa shape index (κ2) is 3.90. The van der Waals surface area contributed by atoms with E-state index in [0.717, 1.165) is 19.6 Å². The number of carbonyl (C=O) groups excluding carboxylic acids is 1. The maximum absolute atomic E-state index is 11.3. The van der Waals surface area contributed by atoms with Crippen molar-refractivity contribution in [2.75, 3.05) is 26.7 Å². The monoisotopic (exact) mass is 170 g/mol. The lowest BCUT2D eigenvalue weighted by Gasteiger charge is -2.23. The van der Waals surface area contributed by atoms with Crippen molar-refractivity contribution in [1.82, 2.24) is 9.80 Å². The van der Waals surface area contributed by atoms with Crippen LogP contribution in [0.3, 0.4) is 0 Å². The Bertz CT molecular complexity index is 168. The Labute approximate surface area is 74.3 Å². The molecule has 1 amide bonds. The first kappa shape index (κ1) is 9.52. The highest BCUT2D eigenvalue weighted by Gasteiger charge is 2.18. The molecule has 0 atom stereocenters. The number of nitrogens with zero attached hydrogens (tertiary/aromatic N) is 2. The summed E-state index contributed by atoms with van der Waals surface area (Å²) >= 11 is 0. The molecule has 0 radical (unpaired) electrons. The van der Waals surface area contributed by atoms with Crippen molar-refractivity contribution < 1.29 is 4.79 Å². The Morgan fingerprint density at radius 1 is 1.25 bits per heavy atom. The highest BCUT2D eigenvalue weighted by atomic mass is 16.2. The first-order valence-electron chi connectivity index (χ1n) is 4.59. The van der Waals surface area contributed by atoms with Gasteiger partial charge < -0.3 is 4.90 Å². The minimum Gasteiger partial charge on any atom is -0.344 e. The number of likely N-dealkylation sites (N-methyl/N-ethyl adjacent to an activating group) is 1. The molecule has 0 aromatic carbocycles. The van der Waals surface area contributed by atoms with E-state index in [-0.39, 0.29) is 5.91 Å². The van der Waals surface area contributed by atoms with Crippen LogP contribution in [0.5, 0.6) is 0 Å². The van der Waals surface area contributed by atoms with Gasteiger partial charge in [0.05, 0.1) is 0 Å². The SMILES string of the molecule is CC(C)N1CCC(=O)N(C)CC1. The van der Waals surface area contributed by atoms with Gasteiger partial charge in [-0.15, -0.1) is 0 Å². The Kier molecular flexibility index (Phi) is 3.09. The van der Waals surface area contributed by atoms with Gasteiger partial charge in [-0.25, -0.2) is 0 Å². The van der Waals surface area contributed by atoms with Crippen LogP contribution in [-0.4, -0.2) is 48.4 Å². The van der Waals surface area contributed by atoms with Crippen molar-refractivity contribution in [3.8, 4) is 0 Å². The van der Waals surface area contributed by atoms with Crippen LogP contribution in [0.25, 0.3) is 0 Å². The van der Waals surface area contributed by atoms with Gasteiger partial charge in [0.15, 0.2) is 0 Å². The van der Waals surface area contributed by atoms with E-state index in [1.807, 2.05) is 11.9 Å². The zero-order valence-corrected chi connectivity index (χ0v) is 8.21. The third kappa shape index (κ3) is 2.21. The molecule has 3 nitrogen and oxygen atoms in total. The van der Waals surface area contributed by atoms with Crippen LogP contribution in [0.15, 0.2) is 0 Å². The number of amides is 1. The second-order valence-electron chi connectivity index (χ2n) is 3.70. The Balaban J connectivity index is 2.49. The molecule has 0 aromatic rings. The van der Waals surface area contributed by atoms with Crippen molar-refractivity contribution in [2.45, 2.75) is 26.3 Å². The van der Waals surface area contributed by atoms with Gasteiger partial charge in [-0.05, 0) is 13.8 Å². The van der Waals surface area contributed by atoms with Crippen LogP contribution in [0.1, 0.15) is 20.3 Å². The molecular weight excluding hydrogens is 152 g/mol. The van der Waals surface area contributed by atoms with E-state index in [1.54, 1.807) is 0 Å². The summed E-state index contributed by atoms with van der Waals surface area (Å²) in [5.41, 5.74) is 0. The molecule has 0 unspecified atom stereocenters. The summed E-state index contributed by atoms with van der Waals surface area (Å²) in [5.74, 6) is 0.276. The van der Waals surface area contributed by atoms with Crippen molar-refractivity contribution >= 4 is 5.91 Å². The number of rotatable bonds is 1. The van der Waals surface area contributed by atoms with Gasteiger partial charge in [0, 0.05) is 39.1 Å². The molecule has 0 spiro atoms. The van der Waals surface area contributed by atoms with E-state index in [9.17, 15) is 4.79 Å². The lowest BCUT2D eigenvalue weighted by molar-refractivity contribution is -0.129. The zero-order chi connectivity index (χ0) is 9.14. The second-order valence-corrected chi connectivity index (χ2v) is 3.70. The first-order chi connectivity index (χ1) is 5.61. The number of hydrogen-bond donors (Lipinski definition) is 0. The molecule has 70 valence electrons. The molecule has 1 aliphatic rings. The molecule has 0 N–H and O–H groups in total. The highest BCUT2D eigenvalue weighted by Crippen LogP contribution is 2.05. The molecule has 1 saturated heterocycles. The average Bonchev–Trinajstić information content (AvgIpc) is 2.16. The fourth-order valence-corrected chi connectivity index (χ4v) is 1.46. The Hall–Kier alpha value is -0.570. The van der Waals surface area contributed by atoms with Gasteiger partial charge in [0.2, 0.25) is 5.91 Å². The summed E-state index contributed by atoms with van der Waals surface area (Å²) in [6.45, 7) is 7.16. The van der Waals surface area contributed by atoms with E-state index >= 15 is 0 Å². The normalized spacial score (nSPS) is 21.7. The Morgan fingerprint density at radius 3 is 2.50 bits per heavy atom. The van der Waals surface area contributed by atoms with E-state index in [1.165, 1.54) is 0 Å². The molecule has 1 aliphatic heterocycles. The molecule has 0 bridgehead atoms. The smallest absolute Gasteiger partial charge is 0.223 e. The van der Waals surface area contributed by atoms with Gasteiger partial charge in [0.25, 0.3) is 0 Å². The fraction of sp³-hybridized carbons (Fsp3) is 0.889. The van der Waals surface area contributed by atoms with Gasteiger partial charge in [0.1, 0.15) is 0 Å². The van der Waals surface area contributed by atoms with E-state index in [4.69, 9.17) is 0 Å². The molecule has 3 heteroatoms. The minimum absolute atomic E-state index is 0.276. The largest absolute Gasteiger partial charge is 0.344 e. The van der Waals surface area contributed by atoms with Crippen LogP contribution >= 0.6 is 0 Å². The summed E-state index contributed by atoms with van der Waals surface area (Å²) < 4.78 is 0. The van der Waals surface area contributed by atoms with E-state index < -0.39 is 0 Å². The topological polar surface area (TPSA) is 23.6 Å². The highest BCUT2D eigenvalue weighted by molar-refractivity contribution is 5.76. The summed E-state index contributed by atoms with van der Waals surface area (Å²) in [6.07, 6.45) is 0.675. The maximum atomic E-state index is 11.3. The van der Waals surface area contributed by atoms with E-state index in [2.05, 4.69) is 18.7 Å². The fourth-order valence-electron chi connectivity index (χ4n) is 1.46. The Morgan fingerprint density at radius 2 is 1.92 bits per heavy atom. The molecule has 12 heavy (non-hydrogen) atoms. The summed E-state index contributed by atoms with van der Waals surface area (Å²) in [6, 6.07) is 0.560. The molecule has 0 saturated carbocycles. The van der Waals surface area contributed by atoms with Crippen molar-refractivity contribution in [3.05, 3.63) is 0 Å². The van der Waals surface area contributed by atoms with Gasteiger partial charge in [-0.1, -0.05) is 0 Å². The zero-order valence-electron chi connectivity index (χ0n) is 8.21. The van der Waals surface area contributed by atoms with Crippen LogP contribution < -0.4 is 0 Å². The molecule has 1 heterocycles. The van der Waals surface area contributed by atoms with Gasteiger partial charge in [-0.3, -0.25) is 9.69 Å². The molecule has 0 aromatic heterocycles. The third-order valence-electron chi connectivity index (χ3n) is 2.49. The number of hydrogen-bond acceptors (Lipinski definition) is 2. The first-order valence-corrected chi connectivity index (χ1v) is 4.59. The molecule has 1 rings (SSSR count). The number of carbonyl (C=O) groups is 1. The van der Waals surface area contributed by atoms with Crippen molar-refractivity contribution in [1.29, 1.82) is 0 Å². The average molecular weight is 170 g/mol. The summed E-state index contributed by atoms with van der Waals surface area (Å²) in [5, 5.41) is 0. The quantitative estimate of drug-likeness (QED) is 0.574. The van der Waals surface area contributed by atoms with Crippen LogP contribution in [0, 0.1) is 0 Å². The summed E-state index contributed by atoms with van der Waals surface area (Å²) in [7, 11) is 1.88. The lowest BCUT2D eigenvalue weighted by Crippen LogP contribution is -2.34. The standard InChI is InChI=1S/C9H18N2O/c1-8(2)11-5-4-9(12)10(3)6-7-11/h8H,4-7H2,1-3H3. The predicted octanol–water partition coefficient (Wildman–Crippen LogP) is 0.559. The van der Waals surface area contributed by atoms with Crippen LogP contribution in [0.2, 0.25) is 0 Å². The predicted molar refractivity (Wildman–Crippen MR) is 49.0 cm³/mol. The lowest BCUT2D eigenvalue weighted by atomic mass is 10.3. The van der Waals surface area contributed by atoms with Crippen LogP contribution in [-0.2, 0) is 4.79 Å². The van der Waals surface area contributed by atoms with Gasteiger partial charge >= 0.3 is 0 Å². The van der Waals surface area contributed by atoms with E-state index in [0.29, 0.717) is 12.5 Å². The molecular formula is C9H18N2O. The third-order valence-corrected chi connectivity index (χ3v) is 2.49. The summed E-state index contributed by atoms with van der Waals surface area (Å²) in [4.78, 5) is 15.5. The molecule has 0 aliphatic carbocycles. The maximum Gasteiger partial charge on any atom is 0.223 e. The van der Waals surface area contributed by atoms with Gasteiger partial charge in [-0.2, -0.15) is 0 Å².